The minimum Gasteiger partial charge on any atom is -0.490 e. The molecule has 0 fully saturated rings. The zero-order valence-corrected chi connectivity index (χ0v) is 24.2. The Morgan fingerprint density at radius 1 is 0.946 bits per heavy atom. The Morgan fingerprint density at radius 2 is 1.68 bits per heavy atom. The third-order valence-electron chi connectivity index (χ3n) is 6.34. The Labute approximate surface area is 234 Å². The highest BCUT2D eigenvalue weighted by Gasteiger charge is 2.27. The number of fused-ring (bicyclic) bond motifs is 1. The van der Waals surface area contributed by atoms with Crippen LogP contribution in [0.1, 0.15) is 96.4 Å². The first-order valence-corrected chi connectivity index (χ1v) is 15.0. The van der Waals surface area contributed by atoms with Crippen LogP contribution in [0.3, 0.4) is 0 Å². The molecule has 1 heterocycles. The zero-order chi connectivity index (χ0) is 26.6. The third kappa shape index (κ3) is 8.60. The van der Waals surface area contributed by atoms with E-state index in [4.69, 9.17) is 32.7 Å². The molecule has 1 aromatic heterocycles. The van der Waals surface area contributed by atoms with Crippen molar-refractivity contribution in [2.75, 3.05) is 31.7 Å². The molecule has 0 spiro atoms. The summed E-state index contributed by atoms with van der Waals surface area (Å²) < 4.78 is 11.2. The molecule has 0 saturated carbocycles. The van der Waals surface area contributed by atoms with Crippen molar-refractivity contribution < 1.29 is 19.1 Å². The average molecular weight is 570 g/mol. The lowest BCUT2D eigenvalue weighted by Crippen LogP contribution is -2.27. The standard InChI is InChI=1S/C28H38Cl2N2O4S/c1-3-5-6-7-10-16-36-25-21(29)17-19(18-22(25)30)26(33)32-28-24(20-12-8-9-13-23(20)37-28)27(34)31-14-11-15-35-4-2/h17-18H,3-16H2,1-2H3,(H,31,34)(H,32,33). The average Bonchev–Trinajstić information content (AvgIpc) is 3.24. The molecule has 0 unspecified atom stereocenters. The summed E-state index contributed by atoms with van der Waals surface area (Å²) in [5, 5.41) is 7.10. The van der Waals surface area contributed by atoms with Crippen molar-refractivity contribution in [3.05, 3.63) is 43.7 Å². The SMILES string of the molecule is CCCCCCCOc1c(Cl)cc(C(=O)Nc2sc3c(c2C(=O)NCCCOCC)CCCC3)cc1Cl. The van der Waals surface area contributed by atoms with Crippen LogP contribution in [0, 0.1) is 0 Å². The molecule has 1 aromatic carbocycles. The second kappa shape index (κ2) is 15.6. The summed E-state index contributed by atoms with van der Waals surface area (Å²) in [5.74, 6) is -0.127. The number of halogens is 2. The molecule has 2 N–H and O–H groups in total. The molecule has 2 aromatic rings. The number of benzene rings is 1. The second-order valence-corrected chi connectivity index (χ2v) is 11.1. The van der Waals surface area contributed by atoms with Gasteiger partial charge in [-0.05, 0) is 63.1 Å². The van der Waals surface area contributed by atoms with E-state index in [9.17, 15) is 9.59 Å². The number of carbonyl (C=O) groups excluding carboxylic acids is 2. The molecule has 1 aliphatic rings. The van der Waals surface area contributed by atoms with Crippen molar-refractivity contribution in [1.29, 1.82) is 0 Å². The number of rotatable bonds is 15. The Morgan fingerprint density at radius 3 is 2.41 bits per heavy atom. The molecular formula is C28H38Cl2N2O4S. The van der Waals surface area contributed by atoms with E-state index >= 15 is 0 Å². The molecule has 0 bridgehead atoms. The van der Waals surface area contributed by atoms with Gasteiger partial charge in [-0.1, -0.05) is 55.8 Å². The number of unbranched alkanes of at least 4 members (excludes halogenated alkanes) is 4. The van der Waals surface area contributed by atoms with Crippen LogP contribution in [-0.4, -0.2) is 38.2 Å². The Hall–Kier alpha value is -1.80. The number of hydrogen-bond acceptors (Lipinski definition) is 5. The third-order valence-corrected chi connectivity index (χ3v) is 8.10. The predicted molar refractivity (Wildman–Crippen MR) is 153 cm³/mol. The summed E-state index contributed by atoms with van der Waals surface area (Å²) in [7, 11) is 0. The number of anilines is 1. The van der Waals surface area contributed by atoms with Gasteiger partial charge in [-0.3, -0.25) is 9.59 Å². The lowest BCUT2D eigenvalue weighted by molar-refractivity contribution is 0.0944. The highest BCUT2D eigenvalue weighted by molar-refractivity contribution is 7.17. The number of thiophene rings is 1. The molecule has 2 amide bonds. The first-order chi connectivity index (χ1) is 18.0. The molecule has 0 saturated heterocycles. The van der Waals surface area contributed by atoms with Gasteiger partial charge in [0, 0.05) is 30.2 Å². The summed E-state index contributed by atoms with van der Waals surface area (Å²) >= 11 is 14.4. The van der Waals surface area contributed by atoms with Crippen molar-refractivity contribution in [2.45, 2.75) is 78.1 Å². The smallest absolute Gasteiger partial charge is 0.256 e. The molecule has 1 aliphatic carbocycles. The maximum atomic E-state index is 13.2. The van der Waals surface area contributed by atoms with Crippen LogP contribution in [0.4, 0.5) is 5.00 Å². The molecule has 0 atom stereocenters. The zero-order valence-electron chi connectivity index (χ0n) is 21.9. The van der Waals surface area contributed by atoms with E-state index in [1.807, 2.05) is 6.92 Å². The Bertz CT molecular complexity index is 1030. The Balaban J connectivity index is 1.69. The highest BCUT2D eigenvalue weighted by atomic mass is 35.5. The summed E-state index contributed by atoms with van der Waals surface area (Å²) in [6, 6.07) is 3.13. The fourth-order valence-electron chi connectivity index (χ4n) is 4.39. The van der Waals surface area contributed by atoms with Crippen LogP contribution in [0.15, 0.2) is 12.1 Å². The predicted octanol–water partition coefficient (Wildman–Crippen LogP) is 7.69. The van der Waals surface area contributed by atoms with Gasteiger partial charge in [-0.2, -0.15) is 0 Å². The van der Waals surface area contributed by atoms with E-state index in [0.717, 1.165) is 50.5 Å². The quantitative estimate of drug-likeness (QED) is 0.216. The van der Waals surface area contributed by atoms with Crippen LogP contribution < -0.4 is 15.4 Å². The van der Waals surface area contributed by atoms with Gasteiger partial charge in [0.05, 0.1) is 22.2 Å². The van der Waals surface area contributed by atoms with Gasteiger partial charge < -0.3 is 20.1 Å². The van der Waals surface area contributed by atoms with E-state index in [1.54, 1.807) is 12.1 Å². The van der Waals surface area contributed by atoms with Gasteiger partial charge in [0.25, 0.3) is 11.8 Å². The number of nitrogens with one attached hydrogen (secondary N) is 2. The Kier molecular flexibility index (Phi) is 12.5. The maximum absolute atomic E-state index is 13.2. The minimum absolute atomic E-state index is 0.162. The molecular weight excluding hydrogens is 531 g/mol. The number of aryl methyl sites for hydroxylation is 1. The largest absolute Gasteiger partial charge is 0.490 e. The van der Waals surface area contributed by atoms with Crippen molar-refractivity contribution >= 4 is 51.4 Å². The van der Waals surface area contributed by atoms with Gasteiger partial charge in [0.2, 0.25) is 0 Å². The van der Waals surface area contributed by atoms with Crippen molar-refractivity contribution in [3.63, 3.8) is 0 Å². The normalized spacial score (nSPS) is 12.8. The first kappa shape index (κ1) is 29.8. The molecule has 9 heteroatoms. The summed E-state index contributed by atoms with van der Waals surface area (Å²) in [6.07, 6.45) is 10.2. The number of ether oxygens (including phenoxy) is 2. The second-order valence-electron chi connectivity index (χ2n) is 9.21. The van der Waals surface area contributed by atoms with Crippen molar-refractivity contribution in [3.8, 4) is 5.75 Å². The first-order valence-electron chi connectivity index (χ1n) is 13.4. The monoisotopic (exact) mass is 568 g/mol. The van der Waals surface area contributed by atoms with Crippen LogP contribution in [0.25, 0.3) is 0 Å². The molecule has 0 aliphatic heterocycles. The fourth-order valence-corrected chi connectivity index (χ4v) is 6.27. The van der Waals surface area contributed by atoms with E-state index in [0.29, 0.717) is 58.3 Å². The van der Waals surface area contributed by atoms with Crippen LogP contribution in [0.5, 0.6) is 5.75 Å². The van der Waals surface area contributed by atoms with Gasteiger partial charge in [-0.25, -0.2) is 0 Å². The molecule has 204 valence electrons. The molecule has 0 radical (unpaired) electrons. The summed E-state index contributed by atoms with van der Waals surface area (Å²) in [4.78, 5) is 27.5. The van der Waals surface area contributed by atoms with E-state index < -0.39 is 0 Å². The van der Waals surface area contributed by atoms with Gasteiger partial charge in [-0.15, -0.1) is 11.3 Å². The van der Waals surface area contributed by atoms with Gasteiger partial charge >= 0.3 is 0 Å². The van der Waals surface area contributed by atoms with Crippen molar-refractivity contribution in [2.24, 2.45) is 0 Å². The van der Waals surface area contributed by atoms with E-state index in [-0.39, 0.29) is 11.8 Å². The number of amides is 2. The van der Waals surface area contributed by atoms with E-state index in [1.165, 1.54) is 35.5 Å². The fraction of sp³-hybridized carbons (Fsp3) is 0.571. The minimum atomic E-state index is -0.362. The summed E-state index contributed by atoms with van der Waals surface area (Å²) in [6.45, 7) is 6.42. The van der Waals surface area contributed by atoms with Gasteiger partial charge in [0.15, 0.2) is 5.75 Å². The number of carbonyl (C=O) groups is 2. The van der Waals surface area contributed by atoms with Gasteiger partial charge in [0.1, 0.15) is 5.00 Å². The van der Waals surface area contributed by atoms with Crippen LogP contribution in [0.2, 0.25) is 10.0 Å². The van der Waals surface area contributed by atoms with Crippen molar-refractivity contribution in [1.82, 2.24) is 5.32 Å². The number of hydrogen-bond donors (Lipinski definition) is 2. The maximum Gasteiger partial charge on any atom is 0.256 e. The molecule has 3 rings (SSSR count). The van der Waals surface area contributed by atoms with Crippen LogP contribution >= 0.6 is 34.5 Å². The topological polar surface area (TPSA) is 76.7 Å². The summed E-state index contributed by atoms with van der Waals surface area (Å²) in [5.41, 5.74) is 1.94. The highest BCUT2D eigenvalue weighted by Crippen LogP contribution is 2.39. The van der Waals surface area contributed by atoms with E-state index in [2.05, 4.69) is 17.6 Å². The molecule has 37 heavy (non-hydrogen) atoms. The molecule has 6 nitrogen and oxygen atoms in total. The van der Waals surface area contributed by atoms with Crippen LogP contribution in [-0.2, 0) is 17.6 Å². The lowest BCUT2D eigenvalue weighted by Gasteiger charge is -2.14. The lowest BCUT2D eigenvalue weighted by atomic mass is 9.95.